The minimum atomic E-state index is 0.439. The minimum absolute atomic E-state index is 0.439. The molecule has 3 heterocycles. The molecule has 0 radical (unpaired) electrons. The first kappa shape index (κ1) is 20.8. The van der Waals surface area contributed by atoms with Gasteiger partial charge < -0.3 is 25.0 Å². The molecule has 2 saturated heterocycles. The third kappa shape index (κ3) is 6.01. The van der Waals surface area contributed by atoms with Gasteiger partial charge in [-0.15, -0.1) is 0 Å². The number of thiocarbonyl (C=S) groups is 1. The molecule has 30 heavy (non-hydrogen) atoms. The predicted octanol–water partition coefficient (Wildman–Crippen LogP) is 2.49. The summed E-state index contributed by atoms with van der Waals surface area (Å²) in [6.45, 7) is 7.17. The molecule has 2 fully saturated rings. The Morgan fingerprint density at radius 1 is 1.07 bits per heavy atom. The highest BCUT2D eigenvalue weighted by Crippen LogP contribution is 2.26. The molecule has 1 aromatic carbocycles. The smallest absolute Gasteiger partial charge is 0.234 e. The lowest BCUT2D eigenvalue weighted by Crippen LogP contribution is -2.42. The van der Waals surface area contributed by atoms with Gasteiger partial charge in [-0.3, -0.25) is 4.90 Å². The molecule has 0 saturated carbocycles. The Hall–Kier alpha value is -2.49. The largest absolute Gasteiger partial charge is 0.439 e. The van der Waals surface area contributed by atoms with Crippen LogP contribution >= 0.6 is 12.2 Å². The quantitative estimate of drug-likeness (QED) is 0.647. The highest BCUT2D eigenvalue weighted by atomic mass is 32.1. The molecule has 160 valence electrons. The molecule has 0 bridgehead atoms. The summed E-state index contributed by atoms with van der Waals surface area (Å²) >= 11 is 5.45. The van der Waals surface area contributed by atoms with E-state index in [1.54, 1.807) is 0 Å². The number of hydrogen-bond acceptors (Lipinski definition) is 7. The summed E-state index contributed by atoms with van der Waals surface area (Å²) in [5, 5.41) is 6.86. The van der Waals surface area contributed by atoms with Gasteiger partial charge in [0.2, 0.25) is 11.8 Å². The SMILES string of the molecule is S=C(NCCN1CCOCC1)Nc1nc(Oc2ccccc2)cc(N2CCCC2)n1. The molecular formula is C21H28N6O2S. The number of ether oxygens (including phenoxy) is 2. The van der Waals surface area contributed by atoms with E-state index in [0.717, 1.165) is 64.0 Å². The highest BCUT2D eigenvalue weighted by Gasteiger charge is 2.17. The van der Waals surface area contributed by atoms with E-state index in [-0.39, 0.29) is 0 Å². The lowest BCUT2D eigenvalue weighted by atomic mass is 10.3. The molecule has 2 N–H and O–H groups in total. The number of morpholine rings is 1. The Morgan fingerprint density at radius 2 is 1.83 bits per heavy atom. The van der Waals surface area contributed by atoms with Gasteiger partial charge in [0.15, 0.2) is 5.11 Å². The van der Waals surface area contributed by atoms with Crippen molar-refractivity contribution in [1.29, 1.82) is 0 Å². The van der Waals surface area contributed by atoms with Gasteiger partial charge in [0, 0.05) is 45.3 Å². The van der Waals surface area contributed by atoms with E-state index < -0.39 is 0 Å². The van der Waals surface area contributed by atoms with Crippen LogP contribution in [0.15, 0.2) is 36.4 Å². The normalized spacial score (nSPS) is 17.0. The number of nitrogens with one attached hydrogen (secondary N) is 2. The van der Waals surface area contributed by atoms with Crippen molar-refractivity contribution < 1.29 is 9.47 Å². The summed E-state index contributed by atoms with van der Waals surface area (Å²) in [7, 11) is 0. The molecule has 2 aromatic rings. The second-order valence-electron chi connectivity index (χ2n) is 7.33. The number of rotatable bonds is 7. The molecule has 0 spiro atoms. The average molecular weight is 429 g/mol. The Bertz CT molecular complexity index is 826. The fraction of sp³-hybridized carbons (Fsp3) is 0.476. The first-order chi connectivity index (χ1) is 14.8. The Kier molecular flexibility index (Phi) is 7.28. The van der Waals surface area contributed by atoms with Crippen LogP contribution < -0.4 is 20.3 Å². The van der Waals surface area contributed by atoms with Crippen molar-refractivity contribution in [2.45, 2.75) is 12.8 Å². The standard InChI is InChI=1S/C21H28N6O2S/c30-21(22-8-11-26-12-14-28-15-13-26)25-20-23-18(27-9-4-5-10-27)16-19(24-20)29-17-6-2-1-3-7-17/h1-3,6-7,16H,4-5,8-15H2,(H2,22,23,24,25,30). The maximum absolute atomic E-state index is 5.96. The van der Waals surface area contributed by atoms with Crippen molar-refractivity contribution in [2.24, 2.45) is 0 Å². The maximum Gasteiger partial charge on any atom is 0.234 e. The van der Waals surface area contributed by atoms with Crippen molar-refractivity contribution in [3.05, 3.63) is 36.4 Å². The Balaban J connectivity index is 1.39. The minimum Gasteiger partial charge on any atom is -0.439 e. The van der Waals surface area contributed by atoms with Gasteiger partial charge >= 0.3 is 0 Å². The second-order valence-corrected chi connectivity index (χ2v) is 7.74. The topological polar surface area (TPSA) is 74.8 Å². The number of hydrogen-bond donors (Lipinski definition) is 2. The van der Waals surface area contributed by atoms with Crippen LogP contribution in [0, 0.1) is 0 Å². The Labute approximate surface area is 182 Å². The van der Waals surface area contributed by atoms with E-state index in [0.29, 0.717) is 16.9 Å². The summed E-state index contributed by atoms with van der Waals surface area (Å²) < 4.78 is 11.3. The van der Waals surface area contributed by atoms with E-state index in [1.165, 1.54) is 12.8 Å². The zero-order chi connectivity index (χ0) is 20.6. The zero-order valence-corrected chi connectivity index (χ0v) is 17.9. The fourth-order valence-electron chi connectivity index (χ4n) is 3.54. The highest BCUT2D eigenvalue weighted by molar-refractivity contribution is 7.80. The molecule has 1 aromatic heterocycles. The molecule has 9 heteroatoms. The van der Waals surface area contributed by atoms with Gasteiger partial charge in [-0.2, -0.15) is 9.97 Å². The molecule has 0 aliphatic carbocycles. The number of para-hydroxylation sites is 1. The number of benzene rings is 1. The van der Waals surface area contributed by atoms with Crippen LogP contribution in [0.5, 0.6) is 11.6 Å². The lowest BCUT2D eigenvalue weighted by molar-refractivity contribution is 0.0389. The van der Waals surface area contributed by atoms with Crippen LogP contribution in [0.3, 0.4) is 0 Å². The van der Waals surface area contributed by atoms with Crippen molar-refractivity contribution >= 4 is 29.1 Å². The summed E-state index contributed by atoms with van der Waals surface area (Å²) in [6, 6.07) is 11.5. The maximum atomic E-state index is 5.96. The number of anilines is 2. The van der Waals surface area contributed by atoms with Crippen LogP contribution in [0.1, 0.15) is 12.8 Å². The molecule has 2 aliphatic rings. The molecule has 0 unspecified atom stereocenters. The van der Waals surface area contributed by atoms with Crippen molar-refractivity contribution in [2.75, 3.05) is 62.7 Å². The first-order valence-corrected chi connectivity index (χ1v) is 10.9. The van der Waals surface area contributed by atoms with E-state index >= 15 is 0 Å². The second kappa shape index (κ2) is 10.5. The van der Waals surface area contributed by atoms with Crippen molar-refractivity contribution in [3.63, 3.8) is 0 Å². The summed E-state index contributed by atoms with van der Waals surface area (Å²) in [4.78, 5) is 13.8. The summed E-state index contributed by atoms with van der Waals surface area (Å²) in [6.07, 6.45) is 2.34. The summed E-state index contributed by atoms with van der Waals surface area (Å²) in [5.74, 6) is 2.53. The third-order valence-corrected chi connectivity index (χ3v) is 5.37. The molecule has 0 amide bonds. The fourth-order valence-corrected chi connectivity index (χ4v) is 3.73. The van der Waals surface area contributed by atoms with Crippen LogP contribution in [0.4, 0.5) is 11.8 Å². The van der Waals surface area contributed by atoms with E-state index in [4.69, 9.17) is 21.7 Å². The van der Waals surface area contributed by atoms with Gasteiger partial charge in [0.1, 0.15) is 11.6 Å². The van der Waals surface area contributed by atoms with Gasteiger partial charge in [-0.25, -0.2) is 0 Å². The lowest BCUT2D eigenvalue weighted by Gasteiger charge is -2.26. The predicted molar refractivity (Wildman–Crippen MR) is 121 cm³/mol. The van der Waals surface area contributed by atoms with Crippen LogP contribution in [0.2, 0.25) is 0 Å². The summed E-state index contributed by atoms with van der Waals surface area (Å²) in [5.41, 5.74) is 0. The van der Waals surface area contributed by atoms with E-state index in [1.807, 2.05) is 36.4 Å². The molecule has 0 atom stereocenters. The van der Waals surface area contributed by atoms with Gasteiger partial charge in [0.05, 0.1) is 13.2 Å². The first-order valence-electron chi connectivity index (χ1n) is 10.5. The van der Waals surface area contributed by atoms with Crippen LogP contribution in [-0.2, 0) is 4.74 Å². The van der Waals surface area contributed by atoms with Crippen molar-refractivity contribution in [3.8, 4) is 11.6 Å². The monoisotopic (exact) mass is 428 g/mol. The van der Waals surface area contributed by atoms with Crippen LogP contribution in [0.25, 0.3) is 0 Å². The number of nitrogens with zero attached hydrogens (tertiary/aromatic N) is 4. The molecule has 8 nitrogen and oxygen atoms in total. The van der Waals surface area contributed by atoms with E-state index in [9.17, 15) is 0 Å². The Morgan fingerprint density at radius 3 is 2.60 bits per heavy atom. The average Bonchev–Trinajstić information content (AvgIpc) is 3.30. The molecule has 2 aliphatic heterocycles. The van der Waals surface area contributed by atoms with Gasteiger partial charge in [-0.1, -0.05) is 18.2 Å². The third-order valence-electron chi connectivity index (χ3n) is 5.13. The van der Waals surface area contributed by atoms with E-state index in [2.05, 4.69) is 30.4 Å². The van der Waals surface area contributed by atoms with Gasteiger partial charge in [0.25, 0.3) is 0 Å². The van der Waals surface area contributed by atoms with Crippen LogP contribution in [-0.4, -0.2) is 72.5 Å². The number of aromatic nitrogens is 2. The molecule has 4 rings (SSSR count). The zero-order valence-electron chi connectivity index (χ0n) is 17.0. The molecular weight excluding hydrogens is 400 g/mol. The van der Waals surface area contributed by atoms with Gasteiger partial charge in [-0.05, 0) is 37.2 Å². The van der Waals surface area contributed by atoms with Crippen molar-refractivity contribution in [1.82, 2.24) is 20.2 Å².